The number of halogens is 1. The molecule has 0 saturated carbocycles. The molecule has 2 rings (SSSR count). The lowest BCUT2D eigenvalue weighted by molar-refractivity contribution is -0.384. The van der Waals surface area contributed by atoms with Crippen LogP contribution >= 0.6 is 15.9 Å². The number of nitrogens with zero attached hydrogens (tertiary/aromatic N) is 4. The number of rotatable bonds is 6. The second-order valence-electron chi connectivity index (χ2n) is 4.10. The molecule has 106 valence electrons. The molecule has 1 aromatic carbocycles. The highest BCUT2D eigenvalue weighted by Gasteiger charge is 2.12. The summed E-state index contributed by atoms with van der Waals surface area (Å²) in [5, 5.41) is 19.7. The van der Waals surface area contributed by atoms with Crippen LogP contribution in [0.3, 0.4) is 0 Å². The average Bonchev–Trinajstić information content (AvgIpc) is 2.86. The van der Waals surface area contributed by atoms with E-state index in [0.717, 1.165) is 17.4 Å². The van der Waals surface area contributed by atoms with E-state index in [1.54, 1.807) is 10.7 Å². The van der Waals surface area contributed by atoms with E-state index in [2.05, 4.69) is 26.2 Å². The third-order valence-electron chi connectivity index (χ3n) is 2.74. The Morgan fingerprint density at radius 2 is 2.30 bits per heavy atom. The van der Waals surface area contributed by atoms with Gasteiger partial charge in [-0.1, -0.05) is 21.1 Å². The monoisotopic (exact) mass is 340 g/mol. The molecule has 20 heavy (non-hydrogen) atoms. The van der Waals surface area contributed by atoms with E-state index in [-0.39, 0.29) is 5.69 Å². The van der Waals surface area contributed by atoms with Gasteiger partial charge in [0.2, 0.25) is 0 Å². The predicted molar refractivity (Wildman–Crippen MR) is 76.3 cm³/mol. The van der Waals surface area contributed by atoms with Crippen LogP contribution in [0.5, 0.6) is 5.75 Å². The first-order valence-corrected chi connectivity index (χ1v) is 7.02. The summed E-state index contributed by atoms with van der Waals surface area (Å²) in [6.07, 6.45) is 2.60. The van der Waals surface area contributed by atoms with E-state index >= 15 is 0 Å². The van der Waals surface area contributed by atoms with Crippen molar-refractivity contribution in [1.82, 2.24) is 15.0 Å². The van der Waals surface area contributed by atoms with Gasteiger partial charge in [-0.3, -0.25) is 10.1 Å². The van der Waals surface area contributed by atoms with E-state index in [0.29, 0.717) is 17.9 Å². The van der Waals surface area contributed by atoms with Gasteiger partial charge >= 0.3 is 0 Å². The number of nitro groups is 1. The van der Waals surface area contributed by atoms with Crippen molar-refractivity contribution in [1.29, 1.82) is 0 Å². The second-order valence-corrected chi connectivity index (χ2v) is 4.89. The van der Waals surface area contributed by atoms with Crippen molar-refractivity contribution in [2.45, 2.75) is 13.0 Å². The number of non-ortho nitro benzene ring substituents is 1. The lowest BCUT2D eigenvalue weighted by Gasteiger charge is -2.07. The molecule has 7 nitrogen and oxygen atoms in total. The summed E-state index contributed by atoms with van der Waals surface area (Å²) in [6, 6.07) is 4.49. The molecule has 0 spiro atoms. The highest BCUT2D eigenvalue weighted by Crippen LogP contribution is 2.24. The molecule has 2 aromatic rings. The van der Waals surface area contributed by atoms with Crippen LogP contribution in [0.15, 0.2) is 24.4 Å². The number of hydrogen-bond donors (Lipinski definition) is 0. The minimum Gasteiger partial charge on any atom is -0.496 e. The van der Waals surface area contributed by atoms with Gasteiger partial charge in [0.1, 0.15) is 5.75 Å². The SMILES string of the molecule is COc1ccc([N+](=O)[O-])cc1Cn1cc(CCBr)nn1. The number of aromatic nitrogens is 3. The van der Waals surface area contributed by atoms with Crippen LogP contribution in [-0.2, 0) is 13.0 Å². The molecule has 8 heteroatoms. The Kier molecular flexibility index (Phi) is 4.67. The minimum absolute atomic E-state index is 0.0293. The first-order valence-electron chi connectivity index (χ1n) is 5.90. The third kappa shape index (κ3) is 3.32. The Bertz CT molecular complexity index is 614. The Labute approximate surface area is 123 Å². The van der Waals surface area contributed by atoms with Crippen molar-refractivity contribution in [3.8, 4) is 5.75 Å². The number of benzene rings is 1. The molecule has 0 amide bonds. The molecule has 0 aliphatic rings. The molecule has 0 N–H and O–H groups in total. The normalized spacial score (nSPS) is 10.5. The van der Waals surface area contributed by atoms with Crippen molar-refractivity contribution in [3.05, 3.63) is 45.8 Å². The summed E-state index contributed by atoms with van der Waals surface area (Å²) in [5.74, 6) is 0.591. The fourth-order valence-corrected chi connectivity index (χ4v) is 2.21. The maximum Gasteiger partial charge on any atom is 0.270 e. The van der Waals surface area contributed by atoms with Crippen LogP contribution in [-0.4, -0.2) is 32.4 Å². The summed E-state index contributed by atoms with van der Waals surface area (Å²) in [5.41, 5.74) is 1.59. The summed E-state index contributed by atoms with van der Waals surface area (Å²) in [6.45, 7) is 0.375. The maximum absolute atomic E-state index is 10.8. The topological polar surface area (TPSA) is 83.1 Å². The molecule has 0 bridgehead atoms. The van der Waals surface area contributed by atoms with E-state index < -0.39 is 4.92 Å². The van der Waals surface area contributed by atoms with Gasteiger partial charge in [-0.15, -0.1) is 5.10 Å². The van der Waals surface area contributed by atoms with E-state index in [4.69, 9.17) is 4.74 Å². The third-order valence-corrected chi connectivity index (χ3v) is 3.14. The quantitative estimate of drug-likeness (QED) is 0.457. The Morgan fingerprint density at radius 3 is 2.95 bits per heavy atom. The molecule has 0 radical (unpaired) electrons. The summed E-state index contributed by atoms with van der Waals surface area (Å²) in [4.78, 5) is 10.4. The van der Waals surface area contributed by atoms with E-state index in [1.807, 2.05) is 6.20 Å². The number of hydrogen-bond acceptors (Lipinski definition) is 5. The van der Waals surface area contributed by atoms with Crippen LogP contribution in [0.25, 0.3) is 0 Å². The van der Waals surface area contributed by atoms with Crippen molar-refractivity contribution in [2.75, 3.05) is 12.4 Å². The Balaban J connectivity index is 2.25. The van der Waals surface area contributed by atoms with Crippen molar-refractivity contribution >= 4 is 21.6 Å². The lowest BCUT2D eigenvalue weighted by atomic mass is 10.2. The zero-order valence-corrected chi connectivity index (χ0v) is 12.4. The summed E-state index contributed by atoms with van der Waals surface area (Å²) < 4.78 is 6.85. The zero-order valence-electron chi connectivity index (χ0n) is 10.8. The standard InChI is InChI=1S/C12H13BrN4O3/c1-20-12-3-2-11(17(18)19)6-9(12)7-16-8-10(4-5-13)14-15-16/h2-3,6,8H,4-5,7H2,1H3. The maximum atomic E-state index is 10.8. The second kappa shape index (κ2) is 6.47. The molecule has 1 aromatic heterocycles. The summed E-state index contributed by atoms with van der Waals surface area (Å²) >= 11 is 3.34. The largest absolute Gasteiger partial charge is 0.496 e. The number of methoxy groups -OCH3 is 1. The molecule has 0 fully saturated rings. The molecule has 0 unspecified atom stereocenters. The fourth-order valence-electron chi connectivity index (χ4n) is 1.80. The fraction of sp³-hybridized carbons (Fsp3) is 0.333. The van der Waals surface area contributed by atoms with Gasteiger partial charge in [0.15, 0.2) is 0 Å². The van der Waals surface area contributed by atoms with Crippen LogP contribution < -0.4 is 4.74 Å². The predicted octanol–water partition coefficient (Wildman–Crippen LogP) is 2.18. The number of nitro benzene ring substituents is 1. The molecule has 0 aliphatic heterocycles. The van der Waals surface area contributed by atoms with Gasteiger partial charge in [-0.2, -0.15) is 0 Å². The summed E-state index contributed by atoms with van der Waals surface area (Å²) in [7, 11) is 1.53. The average molecular weight is 341 g/mol. The highest BCUT2D eigenvalue weighted by atomic mass is 79.9. The molecule has 0 atom stereocenters. The Morgan fingerprint density at radius 1 is 1.50 bits per heavy atom. The first kappa shape index (κ1) is 14.4. The van der Waals surface area contributed by atoms with Gasteiger partial charge in [0.05, 0.1) is 24.3 Å². The van der Waals surface area contributed by atoms with Gasteiger partial charge in [0.25, 0.3) is 5.69 Å². The van der Waals surface area contributed by atoms with Gasteiger partial charge in [0, 0.05) is 35.6 Å². The van der Waals surface area contributed by atoms with Crippen molar-refractivity contribution in [2.24, 2.45) is 0 Å². The van der Waals surface area contributed by atoms with Crippen molar-refractivity contribution in [3.63, 3.8) is 0 Å². The number of ether oxygens (including phenoxy) is 1. The molecular formula is C12H13BrN4O3. The lowest BCUT2D eigenvalue weighted by Crippen LogP contribution is -2.03. The van der Waals surface area contributed by atoms with Crippen LogP contribution in [0.2, 0.25) is 0 Å². The first-order chi connectivity index (χ1) is 9.63. The molecule has 1 heterocycles. The van der Waals surface area contributed by atoms with Crippen LogP contribution in [0.4, 0.5) is 5.69 Å². The van der Waals surface area contributed by atoms with E-state index in [9.17, 15) is 10.1 Å². The van der Waals surface area contributed by atoms with Crippen LogP contribution in [0.1, 0.15) is 11.3 Å². The van der Waals surface area contributed by atoms with Gasteiger partial charge in [-0.25, -0.2) is 4.68 Å². The van der Waals surface area contributed by atoms with Gasteiger partial charge < -0.3 is 4.74 Å². The smallest absolute Gasteiger partial charge is 0.270 e. The van der Waals surface area contributed by atoms with Crippen molar-refractivity contribution < 1.29 is 9.66 Å². The zero-order chi connectivity index (χ0) is 14.5. The minimum atomic E-state index is -0.430. The molecule has 0 saturated heterocycles. The van der Waals surface area contributed by atoms with Crippen LogP contribution in [0, 0.1) is 10.1 Å². The number of aryl methyl sites for hydroxylation is 1. The molecule has 0 aliphatic carbocycles. The highest BCUT2D eigenvalue weighted by molar-refractivity contribution is 9.09. The Hall–Kier alpha value is -1.96. The number of alkyl halides is 1. The van der Waals surface area contributed by atoms with Gasteiger partial charge in [-0.05, 0) is 6.07 Å². The molecular weight excluding hydrogens is 328 g/mol. The van der Waals surface area contributed by atoms with E-state index in [1.165, 1.54) is 19.2 Å².